The zero-order valence-corrected chi connectivity index (χ0v) is 5.76. The van der Waals surface area contributed by atoms with Crippen LogP contribution in [0, 0.1) is 0 Å². The van der Waals surface area contributed by atoms with Gasteiger partial charge in [0.1, 0.15) is 6.54 Å². The lowest BCUT2D eigenvalue weighted by Gasteiger charge is -1.84. The summed E-state index contributed by atoms with van der Waals surface area (Å²) in [6.07, 6.45) is 0. The third kappa shape index (κ3) is 1.12. The fraction of sp³-hybridized carbons (Fsp3) is 0.333. The van der Waals surface area contributed by atoms with E-state index < -0.39 is 0 Å². The molecule has 0 amide bonds. The summed E-state index contributed by atoms with van der Waals surface area (Å²) in [6.45, 7) is 0.689. The highest BCUT2D eigenvalue weighted by Crippen LogP contribution is 2.05. The second-order valence-electron chi connectivity index (χ2n) is 1.21. The molecule has 8 heavy (non-hydrogen) atoms. The third-order valence-corrected chi connectivity index (χ3v) is 1.77. The molecule has 0 saturated heterocycles. The van der Waals surface area contributed by atoms with Crippen molar-refractivity contribution in [2.75, 3.05) is 0 Å². The Morgan fingerprint density at radius 1 is 1.62 bits per heavy atom. The van der Waals surface area contributed by atoms with Gasteiger partial charge in [0.05, 0.1) is 5.01 Å². The predicted molar refractivity (Wildman–Crippen MR) is 32.1 cm³/mol. The first-order valence-corrected chi connectivity index (χ1v) is 3.34. The quantitative estimate of drug-likeness (QED) is 0.528. The van der Waals surface area contributed by atoms with Crippen molar-refractivity contribution in [3.63, 3.8) is 0 Å². The van der Waals surface area contributed by atoms with Crippen molar-refractivity contribution in [1.82, 2.24) is 10.2 Å². The summed E-state index contributed by atoms with van der Waals surface area (Å²) in [5, 5.41) is 8.28. The average Bonchev–Trinajstić information content (AvgIpc) is 2.14. The Morgan fingerprint density at radius 3 is 2.62 bits per heavy atom. The van der Waals surface area contributed by atoms with Gasteiger partial charge in [-0.2, -0.15) is 10.2 Å². The Labute approximate surface area is 56.3 Å². The lowest BCUT2D eigenvalue weighted by atomic mass is 10.7. The van der Waals surface area contributed by atoms with Gasteiger partial charge < -0.3 is 29.7 Å². The lowest BCUT2D eigenvalue weighted by Crippen LogP contribution is -2.47. The first kappa shape index (κ1) is 5.87. The van der Waals surface area contributed by atoms with Crippen LogP contribution < -0.4 is 5.73 Å². The number of nitrogens with zero attached hydrogens (tertiary/aromatic N) is 2. The molecule has 0 unspecified atom stereocenters. The van der Waals surface area contributed by atoms with Gasteiger partial charge in [0.2, 0.25) is 0 Å². The van der Waals surface area contributed by atoms with E-state index in [-0.39, 0.29) is 0 Å². The van der Waals surface area contributed by atoms with Crippen LogP contribution in [0.2, 0.25) is 0 Å². The van der Waals surface area contributed by atoms with Crippen LogP contribution in [-0.4, -0.2) is 10.2 Å². The molecule has 0 saturated carbocycles. The number of hydrogen-bond acceptors (Lipinski definition) is 4. The van der Waals surface area contributed by atoms with Gasteiger partial charge in [-0.15, -0.1) is 0 Å². The van der Waals surface area contributed by atoms with Crippen molar-refractivity contribution in [2.45, 2.75) is 10.9 Å². The van der Waals surface area contributed by atoms with Crippen molar-refractivity contribution in [1.29, 1.82) is 0 Å². The first-order valence-electron chi connectivity index (χ1n) is 2.11. The van der Waals surface area contributed by atoms with Crippen LogP contribution in [0.3, 0.4) is 0 Å². The zero-order chi connectivity index (χ0) is 5.98. The van der Waals surface area contributed by atoms with Gasteiger partial charge in [0.25, 0.3) is 0 Å². The van der Waals surface area contributed by atoms with E-state index in [1.165, 1.54) is 11.3 Å². The van der Waals surface area contributed by atoms with Crippen molar-refractivity contribution < 1.29 is 5.73 Å². The molecule has 0 aliphatic heterocycles. The maximum atomic E-state index is 4.72. The molecule has 44 valence electrons. The van der Waals surface area contributed by atoms with E-state index in [0.29, 0.717) is 10.9 Å². The molecular formula is C3H5N3S2. The Hall–Kier alpha value is -0.260. The molecule has 0 fully saturated rings. The van der Waals surface area contributed by atoms with Crippen LogP contribution in [0.4, 0.5) is 0 Å². The number of hydrogen-bond donors (Lipinski definition) is 1. The molecular weight excluding hydrogens is 142 g/mol. The van der Waals surface area contributed by atoms with Gasteiger partial charge in [-0.1, -0.05) is 0 Å². The molecule has 0 aliphatic carbocycles. The summed E-state index contributed by atoms with van der Waals surface area (Å²) >= 11 is 6.13. The van der Waals surface area contributed by atoms with Crippen LogP contribution in [0.15, 0.2) is 4.34 Å². The average molecular weight is 147 g/mol. The normalized spacial score (nSPS) is 9.62. The molecule has 0 aliphatic rings. The van der Waals surface area contributed by atoms with Gasteiger partial charge >= 0.3 is 0 Å². The molecule has 0 spiro atoms. The Bertz CT molecular complexity index is 173. The summed E-state index contributed by atoms with van der Waals surface area (Å²) in [5.74, 6) is 0. The van der Waals surface area contributed by atoms with Crippen LogP contribution in [0.1, 0.15) is 5.01 Å². The fourth-order valence-corrected chi connectivity index (χ4v) is 1.14. The van der Waals surface area contributed by atoms with Gasteiger partial charge in [-0.05, 0) is 4.34 Å². The van der Waals surface area contributed by atoms with E-state index in [9.17, 15) is 0 Å². The summed E-state index contributed by atoms with van der Waals surface area (Å²) in [5.41, 5.74) is 3.63. The Balaban J connectivity index is 2.84. The summed E-state index contributed by atoms with van der Waals surface area (Å²) < 4.78 is 0.601. The molecule has 1 rings (SSSR count). The zero-order valence-electron chi connectivity index (χ0n) is 4.13. The second-order valence-corrected chi connectivity index (χ2v) is 2.92. The molecule has 1 aromatic rings. The predicted octanol–water partition coefficient (Wildman–Crippen LogP) is -0.814. The molecule has 3 nitrogen and oxygen atoms in total. The molecule has 1 heterocycles. The van der Waals surface area contributed by atoms with E-state index in [1.54, 1.807) is 0 Å². The highest BCUT2D eigenvalue weighted by Gasteiger charge is 1.86. The van der Waals surface area contributed by atoms with Crippen molar-refractivity contribution >= 4 is 24.0 Å². The van der Waals surface area contributed by atoms with Crippen molar-refractivity contribution in [3.8, 4) is 0 Å². The van der Waals surface area contributed by atoms with E-state index >= 15 is 0 Å². The number of aromatic nitrogens is 2. The van der Waals surface area contributed by atoms with Gasteiger partial charge in [0.15, 0.2) is 0 Å². The Morgan fingerprint density at radius 2 is 2.38 bits per heavy atom. The minimum atomic E-state index is 0.601. The largest absolute Gasteiger partial charge is 0.406 e. The van der Waals surface area contributed by atoms with Crippen LogP contribution in [0.25, 0.3) is 0 Å². The topological polar surface area (TPSA) is 53.4 Å². The maximum absolute atomic E-state index is 4.72. The monoisotopic (exact) mass is 147 g/mol. The molecule has 0 aromatic carbocycles. The fourth-order valence-electron chi connectivity index (χ4n) is 0.339. The van der Waals surface area contributed by atoms with E-state index in [2.05, 4.69) is 15.9 Å². The van der Waals surface area contributed by atoms with Gasteiger partial charge in [-0.3, -0.25) is 0 Å². The molecule has 1 aromatic heterocycles. The van der Waals surface area contributed by atoms with E-state index in [4.69, 9.17) is 12.6 Å². The van der Waals surface area contributed by atoms with Gasteiger partial charge in [0, 0.05) is 0 Å². The molecule has 0 bridgehead atoms. The van der Waals surface area contributed by atoms with Crippen LogP contribution in [0.5, 0.6) is 0 Å². The molecule has 0 atom stereocenters. The lowest BCUT2D eigenvalue weighted by molar-refractivity contribution is -0.386. The Kier molecular flexibility index (Phi) is 1.72. The second kappa shape index (κ2) is 2.34. The number of quaternary nitrogens is 1. The standard InChI is InChI=1S/C3H5N3S2/c4-1-2-5-6-3(7)8-2/h1,4H2,(H,6,7). The molecule has 5 heteroatoms. The van der Waals surface area contributed by atoms with Crippen LogP contribution >= 0.6 is 11.3 Å². The minimum absolute atomic E-state index is 0.601. The molecule has 0 radical (unpaired) electrons. The SMILES string of the molecule is [NH3+]Cc1nnc([S-])s1. The third-order valence-electron chi connectivity index (χ3n) is 0.662. The number of rotatable bonds is 1. The highest BCUT2D eigenvalue weighted by atomic mass is 32.2. The first-order chi connectivity index (χ1) is 3.83. The summed E-state index contributed by atoms with van der Waals surface area (Å²) in [6, 6.07) is 0. The van der Waals surface area contributed by atoms with E-state index in [0.717, 1.165) is 5.01 Å². The van der Waals surface area contributed by atoms with Crippen LogP contribution in [-0.2, 0) is 19.2 Å². The maximum Gasteiger partial charge on any atom is 0.110 e. The van der Waals surface area contributed by atoms with Gasteiger partial charge in [-0.25, -0.2) is 0 Å². The summed E-state index contributed by atoms with van der Waals surface area (Å²) in [7, 11) is 0. The van der Waals surface area contributed by atoms with Crippen molar-refractivity contribution in [2.24, 2.45) is 0 Å². The highest BCUT2D eigenvalue weighted by molar-refractivity contribution is 7.62. The van der Waals surface area contributed by atoms with E-state index in [1.807, 2.05) is 0 Å². The smallest absolute Gasteiger partial charge is 0.110 e. The summed E-state index contributed by atoms with van der Waals surface area (Å²) in [4.78, 5) is 0. The molecule has 3 N–H and O–H groups in total. The van der Waals surface area contributed by atoms with Crippen molar-refractivity contribution in [3.05, 3.63) is 5.01 Å². The minimum Gasteiger partial charge on any atom is -0.406 e.